The molecule has 2 heterocycles. The number of halogens is 3. The molecule has 0 spiro atoms. The highest BCUT2D eigenvalue weighted by Crippen LogP contribution is 2.34. The summed E-state index contributed by atoms with van der Waals surface area (Å²) in [6.07, 6.45) is -3.47. The van der Waals surface area contributed by atoms with Crippen molar-refractivity contribution in [3.63, 3.8) is 0 Å². The van der Waals surface area contributed by atoms with Crippen LogP contribution in [0.25, 0.3) is 10.9 Å². The predicted molar refractivity (Wildman–Crippen MR) is 69.0 cm³/mol. The lowest BCUT2D eigenvalue weighted by Gasteiger charge is -2.20. The molecule has 1 N–H and O–H groups in total. The molecule has 8 heteroatoms. The quantitative estimate of drug-likeness (QED) is 0.924. The maximum absolute atomic E-state index is 12.7. The van der Waals surface area contributed by atoms with Crippen molar-refractivity contribution < 1.29 is 18.0 Å². The minimum atomic E-state index is -4.51. The van der Waals surface area contributed by atoms with Gasteiger partial charge in [0.05, 0.1) is 5.52 Å². The normalized spacial score (nSPS) is 19.3. The fourth-order valence-electron chi connectivity index (χ4n) is 2.32. The van der Waals surface area contributed by atoms with E-state index in [2.05, 4.69) is 15.4 Å². The maximum atomic E-state index is 12.7. The van der Waals surface area contributed by atoms with Crippen LogP contribution in [0.1, 0.15) is 6.42 Å². The van der Waals surface area contributed by atoms with E-state index < -0.39 is 18.0 Å². The topological polar surface area (TPSA) is 58.1 Å². The number of hydrogen-bond acceptors (Lipinski definition) is 4. The molecule has 1 aromatic carbocycles. The maximum Gasteiger partial charge on any atom is 0.400 e. The molecule has 3 rings (SSSR count). The Morgan fingerprint density at radius 1 is 1.24 bits per heavy atom. The van der Waals surface area contributed by atoms with E-state index in [-0.39, 0.29) is 13.0 Å². The number of alkyl halides is 3. The summed E-state index contributed by atoms with van der Waals surface area (Å²) in [5.74, 6) is -2.61. The first-order valence-electron chi connectivity index (χ1n) is 6.31. The van der Waals surface area contributed by atoms with Gasteiger partial charge in [-0.1, -0.05) is 12.1 Å². The van der Waals surface area contributed by atoms with Crippen LogP contribution in [0, 0.1) is 5.92 Å². The molecule has 21 heavy (non-hydrogen) atoms. The summed E-state index contributed by atoms with van der Waals surface area (Å²) in [5.41, 5.74) is 3.32. The molecule has 1 aliphatic rings. The van der Waals surface area contributed by atoms with E-state index in [0.717, 1.165) is 5.01 Å². The Kier molecular flexibility index (Phi) is 3.15. The van der Waals surface area contributed by atoms with Crippen LogP contribution in [-0.2, 0) is 4.79 Å². The molecule has 110 valence electrons. The Hall–Kier alpha value is -2.38. The second-order valence-electron chi connectivity index (χ2n) is 4.72. The van der Waals surface area contributed by atoms with E-state index in [0.29, 0.717) is 16.7 Å². The lowest BCUT2D eigenvalue weighted by Crippen LogP contribution is -2.37. The number of rotatable bonds is 2. The van der Waals surface area contributed by atoms with Crippen LogP contribution in [0.3, 0.4) is 0 Å². The Morgan fingerprint density at radius 2 is 2.00 bits per heavy atom. The molecule has 1 unspecified atom stereocenters. The summed E-state index contributed by atoms with van der Waals surface area (Å²) in [6.45, 7) is -0.0126. The van der Waals surface area contributed by atoms with Crippen molar-refractivity contribution in [1.82, 2.24) is 15.0 Å². The predicted octanol–water partition coefficient (Wildman–Crippen LogP) is 2.37. The van der Waals surface area contributed by atoms with Gasteiger partial charge in [-0.25, -0.2) is 9.97 Å². The fraction of sp³-hybridized carbons (Fsp3) is 0.308. The van der Waals surface area contributed by atoms with Crippen LogP contribution in [0.4, 0.5) is 19.0 Å². The molecule has 1 aromatic heterocycles. The number of nitrogens with one attached hydrogen (secondary N) is 1. The number of benzene rings is 1. The van der Waals surface area contributed by atoms with E-state index in [9.17, 15) is 18.0 Å². The van der Waals surface area contributed by atoms with Crippen LogP contribution >= 0.6 is 0 Å². The van der Waals surface area contributed by atoms with Crippen LogP contribution in [0.2, 0.25) is 0 Å². The second kappa shape index (κ2) is 4.87. The van der Waals surface area contributed by atoms with Gasteiger partial charge in [-0.3, -0.25) is 15.2 Å². The molecule has 1 aliphatic heterocycles. The highest BCUT2D eigenvalue weighted by atomic mass is 19.4. The monoisotopic (exact) mass is 296 g/mol. The third-order valence-corrected chi connectivity index (χ3v) is 3.38. The summed E-state index contributed by atoms with van der Waals surface area (Å²) in [5, 5.41) is 1.61. The number of aromatic nitrogens is 2. The van der Waals surface area contributed by atoms with E-state index in [4.69, 9.17) is 0 Å². The van der Waals surface area contributed by atoms with Gasteiger partial charge in [-0.2, -0.15) is 13.2 Å². The van der Waals surface area contributed by atoms with Gasteiger partial charge < -0.3 is 0 Å². The average Bonchev–Trinajstić information content (AvgIpc) is 2.81. The number of amides is 1. The van der Waals surface area contributed by atoms with Crippen molar-refractivity contribution in [3.8, 4) is 0 Å². The van der Waals surface area contributed by atoms with Crippen molar-refractivity contribution >= 4 is 22.6 Å². The smallest absolute Gasteiger partial charge is 0.279 e. The molecule has 0 bridgehead atoms. The van der Waals surface area contributed by atoms with Crippen molar-refractivity contribution in [1.29, 1.82) is 0 Å². The molecular formula is C13H11F3N4O. The molecule has 0 aliphatic carbocycles. The van der Waals surface area contributed by atoms with Crippen molar-refractivity contribution in [3.05, 3.63) is 30.6 Å². The van der Waals surface area contributed by atoms with Gasteiger partial charge in [0.2, 0.25) is 0 Å². The van der Waals surface area contributed by atoms with Gasteiger partial charge in [0.25, 0.3) is 5.91 Å². The van der Waals surface area contributed by atoms with E-state index in [1.165, 1.54) is 6.33 Å². The number of anilines is 1. The van der Waals surface area contributed by atoms with Gasteiger partial charge in [0.1, 0.15) is 12.2 Å². The molecule has 1 fully saturated rings. The molecule has 1 saturated heterocycles. The minimum Gasteiger partial charge on any atom is -0.279 e. The molecule has 1 atom stereocenters. The van der Waals surface area contributed by atoms with Gasteiger partial charge in [-0.05, 0) is 18.6 Å². The highest BCUT2D eigenvalue weighted by molar-refractivity contribution is 5.90. The molecule has 1 amide bonds. The van der Waals surface area contributed by atoms with Gasteiger partial charge in [0, 0.05) is 11.9 Å². The summed E-state index contributed by atoms with van der Waals surface area (Å²) in [7, 11) is 0. The summed E-state index contributed by atoms with van der Waals surface area (Å²) >= 11 is 0. The zero-order chi connectivity index (χ0) is 15.0. The number of fused-ring (bicyclic) bond motifs is 1. The van der Waals surface area contributed by atoms with Gasteiger partial charge in [-0.15, -0.1) is 0 Å². The largest absolute Gasteiger partial charge is 0.400 e. The first-order chi connectivity index (χ1) is 9.97. The van der Waals surface area contributed by atoms with Crippen LogP contribution < -0.4 is 5.43 Å². The van der Waals surface area contributed by atoms with Crippen molar-refractivity contribution in [2.45, 2.75) is 12.6 Å². The second-order valence-corrected chi connectivity index (χ2v) is 4.72. The zero-order valence-electron chi connectivity index (χ0n) is 10.8. The molecule has 0 radical (unpaired) electrons. The third kappa shape index (κ3) is 2.48. The van der Waals surface area contributed by atoms with Crippen LogP contribution in [-0.4, -0.2) is 33.6 Å². The lowest BCUT2D eigenvalue weighted by molar-refractivity contribution is -0.180. The number of para-hydroxylation sites is 1. The van der Waals surface area contributed by atoms with E-state index in [1.54, 1.807) is 24.3 Å². The number of hydrogen-bond donors (Lipinski definition) is 1. The summed E-state index contributed by atoms with van der Waals surface area (Å²) in [4.78, 5) is 19.8. The Balaban J connectivity index is 1.85. The Morgan fingerprint density at radius 3 is 2.71 bits per heavy atom. The zero-order valence-corrected chi connectivity index (χ0v) is 10.8. The molecule has 0 saturated carbocycles. The van der Waals surface area contributed by atoms with Crippen molar-refractivity contribution in [2.24, 2.45) is 5.92 Å². The van der Waals surface area contributed by atoms with Crippen molar-refractivity contribution in [2.75, 3.05) is 12.0 Å². The first-order valence-corrected chi connectivity index (χ1v) is 6.31. The highest BCUT2D eigenvalue weighted by Gasteiger charge is 2.50. The standard InChI is InChI=1S/C13H11F3N4O/c14-13(15,16)9-5-6-20(12(9)21)19-11-8-3-1-2-4-10(8)17-7-18-11/h1-4,7,9H,5-6H2,(H,17,18,19). The third-order valence-electron chi connectivity index (χ3n) is 3.38. The first kappa shape index (κ1) is 13.6. The molecule has 2 aromatic rings. The lowest BCUT2D eigenvalue weighted by atomic mass is 10.1. The summed E-state index contributed by atoms with van der Waals surface area (Å²) < 4.78 is 38.0. The Labute approximate surface area is 117 Å². The number of nitrogens with zero attached hydrogens (tertiary/aromatic N) is 3. The van der Waals surface area contributed by atoms with Crippen LogP contribution in [0.5, 0.6) is 0 Å². The fourth-order valence-corrected chi connectivity index (χ4v) is 2.32. The molecular weight excluding hydrogens is 285 g/mol. The minimum absolute atomic E-state index is 0.0126. The SMILES string of the molecule is O=C1C(C(F)(F)F)CCN1Nc1ncnc2ccccc12. The molecule has 5 nitrogen and oxygen atoms in total. The number of carbonyl (C=O) groups excluding carboxylic acids is 1. The van der Waals surface area contributed by atoms with Gasteiger partial charge >= 0.3 is 6.18 Å². The van der Waals surface area contributed by atoms with Crippen LogP contribution in [0.15, 0.2) is 30.6 Å². The van der Waals surface area contributed by atoms with Gasteiger partial charge in [0.15, 0.2) is 5.82 Å². The number of hydrazine groups is 1. The number of carbonyl (C=O) groups is 1. The van der Waals surface area contributed by atoms with E-state index in [1.807, 2.05) is 0 Å². The Bertz CT molecular complexity index is 683. The van der Waals surface area contributed by atoms with E-state index >= 15 is 0 Å². The average molecular weight is 296 g/mol. The summed E-state index contributed by atoms with van der Waals surface area (Å²) in [6, 6.07) is 7.05.